The number of likely N-dealkylation sites (tertiary alicyclic amines) is 1. The molecular weight excluding hydrogens is 690 g/mol. The second-order valence-corrected chi connectivity index (χ2v) is 13.2. The van der Waals surface area contributed by atoms with Crippen LogP contribution in [-0.2, 0) is 30.2 Å². The van der Waals surface area contributed by atoms with Crippen molar-refractivity contribution < 1.29 is 47.9 Å². The molecule has 2 aliphatic rings. The lowest BCUT2D eigenvalue weighted by atomic mass is 9.98. The number of carbonyl (C=O) groups excluding carboxylic acids is 3. The summed E-state index contributed by atoms with van der Waals surface area (Å²) in [6.07, 6.45) is 2.64. The van der Waals surface area contributed by atoms with Gasteiger partial charge in [-0.25, -0.2) is 14.4 Å². The fraction of sp³-hybridized carbons (Fsp3) is 0.326. The van der Waals surface area contributed by atoms with E-state index in [4.69, 9.17) is 28.4 Å². The molecule has 0 spiro atoms. The predicted octanol–water partition coefficient (Wildman–Crippen LogP) is 7.54. The first-order valence-electron chi connectivity index (χ1n) is 18.1. The normalized spacial score (nSPS) is 15.3. The number of nitrogens with zero attached hydrogens (tertiary/aromatic N) is 1. The number of phenolic OH excluding ortho intramolecular Hbond substituents is 1. The van der Waals surface area contributed by atoms with E-state index in [0.29, 0.717) is 42.9 Å². The fourth-order valence-corrected chi connectivity index (χ4v) is 7.13. The number of methoxy groups -OCH3 is 2. The number of amides is 1. The van der Waals surface area contributed by atoms with Crippen LogP contribution in [0.2, 0.25) is 0 Å². The maximum Gasteiger partial charge on any atom is 0.410 e. The summed E-state index contributed by atoms with van der Waals surface area (Å²) < 4.78 is 33.7. The van der Waals surface area contributed by atoms with Gasteiger partial charge in [-0.3, -0.25) is 4.90 Å². The minimum Gasteiger partial charge on any atom is -0.508 e. The van der Waals surface area contributed by atoms with E-state index in [-0.39, 0.29) is 30.6 Å². The summed E-state index contributed by atoms with van der Waals surface area (Å²) in [4.78, 5) is 41.4. The highest BCUT2D eigenvalue weighted by atomic mass is 16.6. The highest BCUT2D eigenvalue weighted by Crippen LogP contribution is 2.44. The van der Waals surface area contributed by atoms with E-state index in [1.54, 1.807) is 26.4 Å². The molecular formula is C43H45NO10. The highest BCUT2D eigenvalue weighted by molar-refractivity contribution is 5.82. The standard InChI is InChI=1S/C43H45NO10/c1-4-21-51-41(46)27-52-31-24-29(23-30(45)25-31)38(18-16-28-17-19-39(49-2)40(22-28)50-3)54-42(47)37-15-9-10-20-44(37)43(48)53-26-36-34-13-7-5-11-32(34)33-12-6-8-14-35(33)36/h4-8,11-14,17,19,22-25,36-38,45H,1,9-10,15-16,18,20-21,26-27H2,2-3H3/t37?,38-/m1/s1. The van der Waals surface area contributed by atoms with E-state index in [0.717, 1.165) is 40.7 Å². The van der Waals surface area contributed by atoms with Crippen LogP contribution in [0.1, 0.15) is 60.0 Å². The van der Waals surface area contributed by atoms with E-state index in [1.807, 2.05) is 36.4 Å². The van der Waals surface area contributed by atoms with Crippen molar-refractivity contribution in [3.8, 4) is 34.1 Å². The molecule has 1 saturated heterocycles. The summed E-state index contributed by atoms with van der Waals surface area (Å²) in [5, 5.41) is 10.7. The zero-order chi connectivity index (χ0) is 38.0. The smallest absolute Gasteiger partial charge is 0.410 e. The number of aromatic hydroxyl groups is 1. The minimum absolute atomic E-state index is 0.0376. The number of esters is 2. The Morgan fingerprint density at radius 3 is 2.31 bits per heavy atom. The molecule has 4 aromatic carbocycles. The molecule has 0 aromatic heterocycles. The predicted molar refractivity (Wildman–Crippen MR) is 201 cm³/mol. The lowest BCUT2D eigenvalue weighted by molar-refractivity contribution is -0.157. The summed E-state index contributed by atoms with van der Waals surface area (Å²) in [6, 6.07) is 25.4. The lowest BCUT2D eigenvalue weighted by Crippen LogP contribution is -2.49. The number of phenols is 1. The molecule has 11 nitrogen and oxygen atoms in total. The van der Waals surface area contributed by atoms with Crippen molar-refractivity contribution in [3.05, 3.63) is 120 Å². The van der Waals surface area contributed by atoms with Crippen molar-refractivity contribution in [2.24, 2.45) is 0 Å². The van der Waals surface area contributed by atoms with Crippen molar-refractivity contribution in [3.63, 3.8) is 0 Å². The maximum atomic E-state index is 14.1. The summed E-state index contributed by atoms with van der Waals surface area (Å²) in [5.74, 6) is -0.139. The van der Waals surface area contributed by atoms with Gasteiger partial charge in [0.1, 0.15) is 36.9 Å². The average molecular weight is 736 g/mol. The number of aryl methyl sites for hydroxylation is 1. The third kappa shape index (κ3) is 8.79. The molecule has 1 amide bonds. The van der Waals surface area contributed by atoms with Gasteiger partial charge in [0.05, 0.1) is 14.2 Å². The molecule has 282 valence electrons. The van der Waals surface area contributed by atoms with Gasteiger partial charge < -0.3 is 33.5 Å². The van der Waals surface area contributed by atoms with Crippen LogP contribution in [0, 0.1) is 0 Å². The van der Waals surface area contributed by atoms with Crippen molar-refractivity contribution >= 4 is 18.0 Å². The first kappa shape index (κ1) is 37.8. The molecule has 11 heteroatoms. The average Bonchev–Trinajstić information content (AvgIpc) is 3.52. The van der Waals surface area contributed by atoms with Crippen molar-refractivity contribution in [2.45, 2.75) is 50.2 Å². The van der Waals surface area contributed by atoms with E-state index >= 15 is 0 Å². The van der Waals surface area contributed by atoms with E-state index < -0.39 is 36.8 Å². The third-order valence-electron chi connectivity index (χ3n) is 9.75. The Kier molecular flexibility index (Phi) is 12.4. The number of carbonyl (C=O) groups is 3. The van der Waals surface area contributed by atoms with Gasteiger partial charge in [0.2, 0.25) is 0 Å². The summed E-state index contributed by atoms with van der Waals surface area (Å²) >= 11 is 0. The molecule has 54 heavy (non-hydrogen) atoms. The topological polar surface area (TPSA) is 130 Å². The van der Waals surface area contributed by atoms with Gasteiger partial charge in [-0.15, -0.1) is 0 Å². The zero-order valence-electron chi connectivity index (χ0n) is 30.5. The summed E-state index contributed by atoms with van der Waals surface area (Å²) in [7, 11) is 3.12. The lowest BCUT2D eigenvalue weighted by Gasteiger charge is -2.34. The Labute approximate surface area is 315 Å². The van der Waals surface area contributed by atoms with Gasteiger partial charge in [0, 0.05) is 18.5 Å². The second kappa shape index (κ2) is 17.7. The zero-order valence-corrected chi connectivity index (χ0v) is 30.5. The van der Waals surface area contributed by atoms with Crippen LogP contribution in [0.25, 0.3) is 11.1 Å². The number of hydrogen-bond donors (Lipinski definition) is 1. The number of fused-ring (bicyclic) bond motifs is 3. The van der Waals surface area contributed by atoms with Crippen LogP contribution in [0.4, 0.5) is 4.79 Å². The quantitative estimate of drug-likeness (QED) is 0.0743. The van der Waals surface area contributed by atoms with Crippen LogP contribution in [0.5, 0.6) is 23.0 Å². The fourth-order valence-electron chi connectivity index (χ4n) is 7.13. The van der Waals surface area contributed by atoms with E-state index in [9.17, 15) is 19.5 Å². The van der Waals surface area contributed by atoms with E-state index in [2.05, 4.69) is 30.8 Å². The maximum absolute atomic E-state index is 14.1. The number of ether oxygens (including phenoxy) is 6. The molecule has 0 radical (unpaired) electrons. The molecule has 0 bridgehead atoms. The van der Waals surface area contributed by atoms with Crippen LogP contribution >= 0.6 is 0 Å². The molecule has 4 aromatic rings. The first-order valence-corrected chi connectivity index (χ1v) is 18.1. The molecule has 1 aliphatic heterocycles. The van der Waals surface area contributed by atoms with Crippen molar-refractivity contribution in [1.82, 2.24) is 4.90 Å². The van der Waals surface area contributed by atoms with Crippen molar-refractivity contribution in [1.29, 1.82) is 0 Å². The molecule has 1 N–H and O–H groups in total. The van der Waals surface area contributed by atoms with Crippen LogP contribution in [-0.4, -0.2) is 74.7 Å². The first-order chi connectivity index (χ1) is 26.3. The van der Waals surface area contributed by atoms with Gasteiger partial charge in [0.15, 0.2) is 18.1 Å². The Hall–Kier alpha value is -5.97. The number of hydrogen-bond acceptors (Lipinski definition) is 10. The van der Waals surface area contributed by atoms with Gasteiger partial charge in [-0.1, -0.05) is 67.3 Å². The Morgan fingerprint density at radius 1 is 0.889 bits per heavy atom. The molecule has 1 heterocycles. The molecule has 6 rings (SSSR count). The molecule has 1 fully saturated rings. The Morgan fingerprint density at radius 2 is 1.61 bits per heavy atom. The van der Waals surface area contributed by atoms with Crippen molar-refractivity contribution in [2.75, 3.05) is 40.6 Å². The summed E-state index contributed by atoms with van der Waals surface area (Å²) in [6.45, 7) is 3.64. The van der Waals surface area contributed by atoms with Gasteiger partial charge in [0.25, 0.3) is 0 Å². The van der Waals surface area contributed by atoms with Gasteiger partial charge in [-0.2, -0.15) is 0 Å². The monoisotopic (exact) mass is 735 g/mol. The van der Waals surface area contributed by atoms with Crippen LogP contribution < -0.4 is 14.2 Å². The second-order valence-electron chi connectivity index (χ2n) is 13.2. The SMILES string of the molecule is C=CCOC(=O)COc1cc(O)cc([C@@H](CCc2ccc(OC)c(OC)c2)OC(=O)C2CCCCN2C(=O)OCC2c3ccccc3-c3ccccc32)c1. The largest absolute Gasteiger partial charge is 0.508 e. The number of rotatable bonds is 15. The molecule has 1 aliphatic carbocycles. The van der Waals surface area contributed by atoms with E-state index in [1.165, 1.54) is 23.1 Å². The van der Waals surface area contributed by atoms with Gasteiger partial charge >= 0.3 is 18.0 Å². The number of piperidine rings is 1. The van der Waals surface area contributed by atoms with Crippen LogP contribution in [0.3, 0.4) is 0 Å². The van der Waals surface area contributed by atoms with Gasteiger partial charge in [-0.05, 0) is 89.8 Å². The van der Waals surface area contributed by atoms with Crippen LogP contribution in [0.15, 0.2) is 97.6 Å². The molecule has 0 saturated carbocycles. The Bertz CT molecular complexity index is 1930. The minimum atomic E-state index is -0.870. The Balaban J connectivity index is 1.19. The highest BCUT2D eigenvalue weighted by Gasteiger charge is 2.37. The number of benzene rings is 4. The molecule has 1 unspecified atom stereocenters. The third-order valence-corrected chi connectivity index (χ3v) is 9.75. The molecule has 2 atom stereocenters. The summed E-state index contributed by atoms with van der Waals surface area (Å²) in [5.41, 5.74) is 5.79.